The lowest BCUT2D eigenvalue weighted by atomic mass is 9.99. The van der Waals surface area contributed by atoms with Crippen LogP contribution in [0.3, 0.4) is 0 Å². The van der Waals surface area contributed by atoms with E-state index in [1.165, 1.54) is 11.1 Å². The van der Waals surface area contributed by atoms with E-state index in [9.17, 15) is 0 Å². The van der Waals surface area contributed by atoms with Crippen molar-refractivity contribution in [2.75, 3.05) is 6.61 Å². The molecule has 0 aliphatic carbocycles. The van der Waals surface area contributed by atoms with Crippen LogP contribution in [0, 0.1) is 12.8 Å². The molecule has 0 spiro atoms. The summed E-state index contributed by atoms with van der Waals surface area (Å²) in [5, 5.41) is 0. The van der Waals surface area contributed by atoms with Crippen molar-refractivity contribution in [3.8, 4) is 5.75 Å². The second kappa shape index (κ2) is 5.20. The highest BCUT2D eigenvalue weighted by Crippen LogP contribution is 2.29. The SMILES string of the molecule is Cc1cccc(C(C)C)c1OCC(C)C. The predicted octanol–water partition coefficient (Wildman–Crippen LogP) is 4.15. The summed E-state index contributed by atoms with van der Waals surface area (Å²) < 4.78 is 5.89. The fraction of sp³-hybridized carbons (Fsp3) is 0.571. The molecule has 15 heavy (non-hydrogen) atoms. The van der Waals surface area contributed by atoms with Crippen molar-refractivity contribution in [2.45, 2.75) is 40.5 Å². The van der Waals surface area contributed by atoms with Gasteiger partial charge in [-0.25, -0.2) is 0 Å². The summed E-state index contributed by atoms with van der Waals surface area (Å²) in [5.41, 5.74) is 2.55. The Morgan fingerprint density at radius 3 is 2.33 bits per heavy atom. The fourth-order valence-corrected chi connectivity index (χ4v) is 1.58. The van der Waals surface area contributed by atoms with Crippen LogP contribution in [0.15, 0.2) is 18.2 Å². The molecular weight excluding hydrogens is 184 g/mol. The van der Waals surface area contributed by atoms with Gasteiger partial charge in [-0.05, 0) is 29.9 Å². The molecule has 1 rings (SSSR count). The topological polar surface area (TPSA) is 9.23 Å². The average molecular weight is 206 g/mol. The second-order valence-electron chi connectivity index (χ2n) is 4.85. The van der Waals surface area contributed by atoms with E-state index in [2.05, 4.69) is 52.8 Å². The fourth-order valence-electron chi connectivity index (χ4n) is 1.58. The predicted molar refractivity (Wildman–Crippen MR) is 65.6 cm³/mol. The van der Waals surface area contributed by atoms with Crippen LogP contribution in [0.5, 0.6) is 5.75 Å². The van der Waals surface area contributed by atoms with Gasteiger partial charge in [0.25, 0.3) is 0 Å². The number of para-hydroxylation sites is 1. The summed E-state index contributed by atoms with van der Waals surface area (Å²) in [5.74, 6) is 2.18. The second-order valence-corrected chi connectivity index (χ2v) is 4.85. The van der Waals surface area contributed by atoms with Crippen LogP contribution >= 0.6 is 0 Å². The summed E-state index contributed by atoms with van der Waals surface area (Å²) in [6, 6.07) is 6.38. The van der Waals surface area contributed by atoms with Crippen LogP contribution in [0.25, 0.3) is 0 Å². The lowest BCUT2D eigenvalue weighted by Crippen LogP contribution is -2.07. The third-order valence-electron chi connectivity index (χ3n) is 2.43. The molecule has 1 nitrogen and oxygen atoms in total. The zero-order valence-electron chi connectivity index (χ0n) is 10.5. The monoisotopic (exact) mass is 206 g/mol. The van der Waals surface area contributed by atoms with E-state index in [0.717, 1.165) is 12.4 Å². The molecule has 84 valence electrons. The maximum absolute atomic E-state index is 5.89. The average Bonchev–Trinajstić information content (AvgIpc) is 2.15. The summed E-state index contributed by atoms with van der Waals surface area (Å²) in [4.78, 5) is 0. The first kappa shape index (κ1) is 12.1. The largest absolute Gasteiger partial charge is 0.493 e. The van der Waals surface area contributed by atoms with Crippen molar-refractivity contribution >= 4 is 0 Å². The number of ether oxygens (including phenoxy) is 1. The molecule has 0 unspecified atom stereocenters. The molecule has 0 saturated carbocycles. The molecule has 0 N–H and O–H groups in total. The molecule has 0 aromatic heterocycles. The zero-order chi connectivity index (χ0) is 11.4. The van der Waals surface area contributed by atoms with Gasteiger partial charge in [-0.15, -0.1) is 0 Å². The van der Waals surface area contributed by atoms with E-state index in [4.69, 9.17) is 4.74 Å². The third-order valence-corrected chi connectivity index (χ3v) is 2.43. The van der Waals surface area contributed by atoms with E-state index in [-0.39, 0.29) is 0 Å². The van der Waals surface area contributed by atoms with Gasteiger partial charge in [-0.2, -0.15) is 0 Å². The van der Waals surface area contributed by atoms with Crippen LogP contribution in [-0.4, -0.2) is 6.61 Å². The molecule has 0 radical (unpaired) electrons. The molecule has 0 aliphatic heterocycles. The summed E-state index contributed by atoms with van der Waals surface area (Å²) in [6.07, 6.45) is 0. The van der Waals surface area contributed by atoms with Gasteiger partial charge in [0.1, 0.15) is 5.75 Å². The summed E-state index contributed by atoms with van der Waals surface area (Å²) >= 11 is 0. The Bertz CT molecular complexity index is 313. The summed E-state index contributed by atoms with van der Waals surface area (Å²) in [6.45, 7) is 11.7. The quantitative estimate of drug-likeness (QED) is 0.719. The number of aryl methyl sites for hydroxylation is 1. The van der Waals surface area contributed by atoms with Gasteiger partial charge in [0.05, 0.1) is 6.61 Å². The molecule has 1 aromatic carbocycles. The summed E-state index contributed by atoms with van der Waals surface area (Å²) in [7, 11) is 0. The zero-order valence-corrected chi connectivity index (χ0v) is 10.5. The van der Waals surface area contributed by atoms with E-state index >= 15 is 0 Å². The van der Waals surface area contributed by atoms with Gasteiger partial charge in [0.2, 0.25) is 0 Å². The normalized spacial score (nSPS) is 11.1. The highest BCUT2D eigenvalue weighted by Gasteiger charge is 2.10. The van der Waals surface area contributed by atoms with E-state index in [1.54, 1.807) is 0 Å². The van der Waals surface area contributed by atoms with Gasteiger partial charge >= 0.3 is 0 Å². The molecule has 0 atom stereocenters. The van der Waals surface area contributed by atoms with Crippen molar-refractivity contribution in [1.82, 2.24) is 0 Å². The lowest BCUT2D eigenvalue weighted by Gasteiger charge is -2.17. The Balaban J connectivity index is 2.92. The minimum Gasteiger partial charge on any atom is -0.493 e. The highest BCUT2D eigenvalue weighted by atomic mass is 16.5. The Kier molecular flexibility index (Phi) is 4.19. The molecule has 1 heteroatoms. The molecule has 0 fully saturated rings. The molecule has 0 amide bonds. The van der Waals surface area contributed by atoms with Crippen LogP contribution in [0.4, 0.5) is 0 Å². The molecule has 0 saturated heterocycles. The minimum absolute atomic E-state index is 0.520. The molecule has 0 bridgehead atoms. The minimum atomic E-state index is 0.520. The van der Waals surface area contributed by atoms with Gasteiger partial charge in [-0.3, -0.25) is 0 Å². The first-order valence-electron chi connectivity index (χ1n) is 5.74. The maximum atomic E-state index is 5.89. The van der Waals surface area contributed by atoms with Crippen LogP contribution in [-0.2, 0) is 0 Å². The van der Waals surface area contributed by atoms with Crippen LogP contribution in [0.1, 0.15) is 44.7 Å². The molecular formula is C14H22O. The van der Waals surface area contributed by atoms with E-state index in [1.807, 2.05) is 0 Å². The number of benzene rings is 1. The Labute approximate surface area is 93.5 Å². The highest BCUT2D eigenvalue weighted by molar-refractivity contribution is 5.42. The smallest absolute Gasteiger partial charge is 0.125 e. The van der Waals surface area contributed by atoms with Gasteiger partial charge in [0, 0.05) is 0 Å². The van der Waals surface area contributed by atoms with E-state index in [0.29, 0.717) is 11.8 Å². The van der Waals surface area contributed by atoms with Gasteiger partial charge in [-0.1, -0.05) is 45.9 Å². The molecule has 0 heterocycles. The van der Waals surface area contributed by atoms with Crippen molar-refractivity contribution in [3.63, 3.8) is 0 Å². The molecule has 0 aliphatic rings. The number of rotatable bonds is 4. The van der Waals surface area contributed by atoms with Crippen molar-refractivity contribution < 1.29 is 4.74 Å². The first-order valence-corrected chi connectivity index (χ1v) is 5.74. The van der Waals surface area contributed by atoms with Gasteiger partial charge < -0.3 is 4.74 Å². The van der Waals surface area contributed by atoms with Crippen LogP contribution in [0.2, 0.25) is 0 Å². The number of hydrogen-bond donors (Lipinski definition) is 0. The van der Waals surface area contributed by atoms with Crippen LogP contribution < -0.4 is 4.74 Å². The first-order chi connectivity index (χ1) is 7.02. The van der Waals surface area contributed by atoms with Gasteiger partial charge in [0.15, 0.2) is 0 Å². The van der Waals surface area contributed by atoms with E-state index < -0.39 is 0 Å². The van der Waals surface area contributed by atoms with Crippen molar-refractivity contribution in [1.29, 1.82) is 0 Å². The maximum Gasteiger partial charge on any atom is 0.125 e. The Morgan fingerprint density at radius 1 is 1.13 bits per heavy atom. The van der Waals surface area contributed by atoms with Crippen molar-refractivity contribution in [2.24, 2.45) is 5.92 Å². The molecule has 1 aromatic rings. The lowest BCUT2D eigenvalue weighted by molar-refractivity contribution is 0.266. The van der Waals surface area contributed by atoms with Crippen molar-refractivity contribution in [3.05, 3.63) is 29.3 Å². The third kappa shape index (κ3) is 3.26. The Hall–Kier alpha value is -0.980. The Morgan fingerprint density at radius 2 is 1.80 bits per heavy atom. The number of hydrogen-bond acceptors (Lipinski definition) is 1. The standard InChI is InChI=1S/C14H22O/c1-10(2)9-15-14-12(5)7-6-8-13(14)11(3)4/h6-8,10-11H,9H2,1-5H3.